The summed E-state index contributed by atoms with van der Waals surface area (Å²) in [5, 5.41) is -0.382. The number of halogens is 1. The number of fused-ring (bicyclic) bond motifs is 1. The van der Waals surface area contributed by atoms with Crippen LogP contribution in [0.5, 0.6) is 0 Å². The zero-order valence-corrected chi connectivity index (χ0v) is 10.8. The van der Waals surface area contributed by atoms with Crippen molar-refractivity contribution >= 4 is 23.4 Å². The van der Waals surface area contributed by atoms with Crippen LogP contribution < -0.4 is 0 Å². The molecule has 0 spiro atoms. The van der Waals surface area contributed by atoms with Crippen LogP contribution in [0.1, 0.15) is 27.6 Å². The minimum atomic E-state index is -0.382. The largest absolute Gasteiger partial charge is 0.380 e. The molecule has 0 N–H and O–H groups in total. The maximum atomic E-state index is 12.0. The Morgan fingerprint density at radius 2 is 1.78 bits per heavy atom. The molecular formula is C13H14ClNO3. The van der Waals surface area contributed by atoms with Crippen LogP contribution in [0.25, 0.3) is 0 Å². The molecule has 18 heavy (non-hydrogen) atoms. The van der Waals surface area contributed by atoms with Gasteiger partial charge in [-0.25, -0.2) is 0 Å². The molecule has 96 valence electrons. The number of hydrogen-bond acceptors (Lipinski definition) is 3. The van der Waals surface area contributed by atoms with Gasteiger partial charge in [0.15, 0.2) is 0 Å². The highest BCUT2D eigenvalue weighted by molar-refractivity contribution is 6.24. The molecule has 0 aliphatic carbocycles. The van der Waals surface area contributed by atoms with E-state index < -0.39 is 0 Å². The maximum Gasteiger partial charge on any atom is 0.261 e. The Morgan fingerprint density at radius 1 is 1.22 bits per heavy atom. The highest BCUT2D eigenvalue weighted by Crippen LogP contribution is 2.23. The molecule has 0 saturated carbocycles. The molecule has 0 fully saturated rings. The fraction of sp³-hybridized carbons (Fsp3) is 0.385. The van der Waals surface area contributed by atoms with E-state index in [0.717, 1.165) is 0 Å². The van der Waals surface area contributed by atoms with Crippen LogP contribution in [-0.2, 0) is 4.74 Å². The third kappa shape index (κ3) is 2.40. The molecule has 0 aromatic heterocycles. The van der Waals surface area contributed by atoms with Crippen LogP contribution in [0, 0.1) is 0 Å². The zero-order valence-electron chi connectivity index (χ0n) is 10.1. The number of imide groups is 1. The van der Waals surface area contributed by atoms with Crippen LogP contribution in [0.4, 0.5) is 0 Å². The molecule has 0 radical (unpaired) electrons. The molecule has 4 nitrogen and oxygen atoms in total. The number of rotatable bonds is 5. The monoisotopic (exact) mass is 267 g/mol. The molecule has 0 saturated heterocycles. The highest BCUT2D eigenvalue weighted by atomic mass is 35.5. The summed E-state index contributed by atoms with van der Waals surface area (Å²) in [5.74, 6) is -0.560. The molecule has 0 unspecified atom stereocenters. The average Bonchev–Trinajstić information content (AvgIpc) is 2.62. The lowest BCUT2D eigenvalue weighted by atomic mass is 10.1. The first-order chi connectivity index (χ1) is 8.65. The van der Waals surface area contributed by atoms with Crippen molar-refractivity contribution in [1.29, 1.82) is 0 Å². The van der Waals surface area contributed by atoms with E-state index in [2.05, 4.69) is 0 Å². The van der Waals surface area contributed by atoms with Crippen molar-refractivity contribution in [2.24, 2.45) is 0 Å². The van der Waals surface area contributed by atoms with Crippen molar-refractivity contribution in [2.45, 2.75) is 12.3 Å². The molecule has 1 aliphatic heterocycles. The molecule has 1 aliphatic rings. The van der Waals surface area contributed by atoms with Crippen molar-refractivity contribution in [2.75, 3.05) is 19.8 Å². The normalized spacial score (nSPS) is 16.0. The Morgan fingerprint density at radius 3 is 2.28 bits per heavy atom. The first-order valence-electron chi connectivity index (χ1n) is 5.82. The predicted octanol–water partition coefficient (Wildman–Crippen LogP) is 1.93. The number of nitrogens with zero attached hydrogens (tertiary/aromatic N) is 1. The van der Waals surface area contributed by atoms with Gasteiger partial charge in [-0.15, -0.1) is 11.6 Å². The van der Waals surface area contributed by atoms with E-state index in [-0.39, 0.29) is 23.7 Å². The van der Waals surface area contributed by atoms with Gasteiger partial charge in [-0.3, -0.25) is 14.5 Å². The number of amides is 2. The summed E-state index contributed by atoms with van der Waals surface area (Å²) >= 11 is 6.04. The molecule has 5 heteroatoms. The van der Waals surface area contributed by atoms with Gasteiger partial charge in [0.2, 0.25) is 0 Å². The predicted molar refractivity (Wildman–Crippen MR) is 67.9 cm³/mol. The summed E-state index contributed by atoms with van der Waals surface area (Å²) in [7, 11) is 0. The van der Waals surface area contributed by atoms with Gasteiger partial charge in [-0.2, -0.15) is 0 Å². The fourth-order valence-electron chi connectivity index (χ4n) is 1.90. The van der Waals surface area contributed by atoms with E-state index in [9.17, 15) is 9.59 Å². The van der Waals surface area contributed by atoms with Gasteiger partial charge in [0.05, 0.1) is 23.1 Å². The fourth-order valence-corrected chi connectivity index (χ4v) is 2.13. The Kier molecular flexibility index (Phi) is 3.99. The summed E-state index contributed by atoms with van der Waals surface area (Å²) in [6, 6.07) is 6.79. The summed E-state index contributed by atoms with van der Waals surface area (Å²) in [6.07, 6.45) is 0. The minimum absolute atomic E-state index is 0.175. The van der Waals surface area contributed by atoms with E-state index in [0.29, 0.717) is 24.3 Å². The van der Waals surface area contributed by atoms with Gasteiger partial charge in [0.25, 0.3) is 11.8 Å². The van der Waals surface area contributed by atoms with E-state index in [1.54, 1.807) is 24.3 Å². The van der Waals surface area contributed by atoms with Crippen LogP contribution in [0.15, 0.2) is 24.3 Å². The molecule has 1 heterocycles. The van der Waals surface area contributed by atoms with Gasteiger partial charge in [-0.05, 0) is 19.1 Å². The second kappa shape index (κ2) is 5.50. The summed E-state index contributed by atoms with van der Waals surface area (Å²) in [5.41, 5.74) is 0.894. The van der Waals surface area contributed by atoms with Crippen LogP contribution in [0.3, 0.4) is 0 Å². The Bertz CT molecular complexity index is 440. The SMILES string of the molecule is CCOC[C@@H](Cl)CN1C(=O)c2ccccc2C1=O. The van der Waals surface area contributed by atoms with Crippen molar-refractivity contribution in [3.05, 3.63) is 35.4 Å². The Balaban J connectivity index is 2.09. The smallest absolute Gasteiger partial charge is 0.261 e. The zero-order chi connectivity index (χ0) is 13.1. The number of carbonyl (C=O) groups is 2. The highest BCUT2D eigenvalue weighted by Gasteiger charge is 2.35. The second-order valence-electron chi connectivity index (χ2n) is 4.02. The quantitative estimate of drug-likeness (QED) is 0.605. The van der Waals surface area contributed by atoms with E-state index in [4.69, 9.17) is 16.3 Å². The minimum Gasteiger partial charge on any atom is -0.380 e. The molecular weight excluding hydrogens is 254 g/mol. The number of carbonyl (C=O) groups excluding carboxylic acids is 2. The molecule has 2 rings (SSSR count). The number of hydrogen-bond donors (Lipinski definition) is 0. The number of alkyl halides is 1. The Hall–Kier alpha value is -1.39. The van der Waals surface area contributed by atoms with Gasteiger partial charge in [0, 0.05) is 13.2 Å². The van der Waals surface area contributed by atoms with Crippen LogP contribution in [0.2, 0.25) is 0 Å². The van der Waals surface area contributed by atoms with Gasteiger partial charge >= 0.3 is 0 Å². The molecule has 0 bridgehead atoms. The molecule has 1 aromatic rings. The lowest BCUT2D eigenvalue weighted by Crippen LogP contribution is -2.36. The van der Waals surface area contributed by atoms with E-state index >= 15 is 0 Å². The third-order valence-corrected chi connectivity index (χ3v) is 3.03. The summed E-state index contributed by atoms with van der Waals surface area (Å²) < 4.78 is 5.17. The van der Waals surface area contributed by atoms with Gasteiger partial charge < -0.3 is 4.74 Å². The standard InChI is InChI=1S/C13H14ClNO3/c1-2-18-8-9(14)7-15-12(16)10-5-3-4-6-11(10)13(15)17/h3-6,9H,2,7-8H2,1H3/t9-/m0/s1. The topological polar surface area (TPSA) is 46.6 Å². The van der Waals surface area contributed by atoms with Gasteiger partial charge in [-0.1, -0.05) is 12.1 Å². The van der Waals surface area contributed by atoms with Gasteiger partial charge in [0.1, 0.15) is 0 Å². The summed E-state index contributed by atoms with van der Waals surface area (Å²) in [6.45, 7) is 2.93. The molecule has 1 atom stereocenters. The van der Waals surface area contributed by atoms with Crippen molar-refractivity contribution in [3.63, 3.8) is 0 Å². The van der Waals surface area contributed by atoms with Crippen LogP contribution in [-0.4, -0.2) is 41.8 Å². The van der Waals surface area contributed by atoms with Crippen molar-refractivity contribution < 1.29 is 14.3 Å². The number of benzene rings is 1. The lowest BCUT2D eigenvalue weighted by Gasteiger charge is -2.17. The summed E-state index contributed by atoms with van der Waals surface area (Å²) in [4.78, 5) is 25.2. The van der Waals surface area contributed by atoms with E-state index in [1.807, 2.05) is 6.92 Å². The lowest BCUT2D eigenvalue weighted by molar-refractivity contribution is 0.0633. The van der Waals surface area contributed by atoms with Crippen molar-refractivity contribution in [1.82, 2.24) is 4.90 Å². The second-order valence-corrected chi connectivity index (χ2v) is 4.64. The van der Waals surface area contributed by atoms with Crippen molar-refractivity contribution in [3.8, 4) is 0 Å². The first kappa shape index (κ1) is 13.1. The molecule has 1 aromatic carbocycles. The first-order valence-corrected chi connectivity index (χ1v) is 6.25. The number of ether oxygens (including phenoxy) is 1. The maximum absolute atomic E-state index is 12.0. The molecule has 2 amide bonds. The Labute approximate surface area is 110 Å². The van der Waals surface area contributed by atoms with Crippen LogP contribution >= 0.6 is 11.6 Å². The average molecular weight is 268 g/mol. The van der Waals surface area contributed by atoms with E-state index in [1.165, 1.54) is 4.90 Å². The third-order valence-electron chi connectivity index (χ3n) is 2.76.